The average Bonchev–Trinajstić information content (AvgIpc) is 2.25. The molecule has 0 fully saturated rings. The van der Waals surface area contributed by atoms with Crippen LogP contribution in [0.25, 0.3) is 0 Å². The fourth-order valence-electron chi connectivity index (χ4n) is 1.57. The lowest BCUT2D eigenvalue weighted by Gasteiger charge is -2.25. The highest BCUT2D eigenvalue weighted by Gasteiger charge is 2.23. The summed E-state index contributed by atoms with van der Waals surface area (Å²) in [4.78, 5) is 22.4. The molecule has 0 unspecified atom stereocenters. The summed E-state index contributed by atoms with van der Waals surface area (Å²) in [5, 5.41) is 11.2. The molecule has 19 heavy (non-hydrogen) atoms. The van der Waals surface area contributed by atoms with Crippen molar-refractivity contribution < 1.29 is 19.1 Å². The van der Waals surface area contributed by atoms with Gasteiger partial charge in [0.05, 0.1) is 5.56 Å². The second-order valence-electron chi connectivity index (χ2n) is 4.97. The first-order valence-electron chi connectivity index (χ1n) is 5.80. The van der Waals surface area contributed by atoms with Gasteiger partial charge in [0.2, 0.25) is 0 Å². The Morgan fingerprint density at radius 2 is 2.05 bits per heavy atom. The number of carboxylic acids is 1. The predicted octanol–water partition coefficient (Wildman–Crippen LogP) is 1.78. The Labute approximate surface area is 110 Å². The second kappa shape index (κ2) is 5.69. The Bertz CT molecular complexity index is 501. The number of carbonyl (C=O) groups excluding carboxylic acids is 1. The highest BCUT2D eigenvalue weighted by molar-refractivity contribution is 5.95. The largest absolute Gasteiger partial charge is 0.481 e. The smallest absolute Gasteiger partial charge is 0.303 e. The molecular weight excluding hydrogens is 251 g/mol. The molecule has 5 nitrogen and oxygen atoms in total. The molecule has 1 aromatic carbocycles. The quantitative estimate of drug-likeness (QED) is 0.710. The number of carboxylic acid groups (broad SMARTS) is 1. The molecule has 0 spiro atoms. The van der Waals surface area contributed by atoms with Crippen molar-refractivity contribution in [3.05, 3.63) is 29.6 Å². The van der Waals surface area contributed by atoms with Gasteiger partial charge in [0.1, 0.15) is 5.82 Å². The molecule has 1 aromatic rings. The van der Waals surface area contributed by atoms with Crippen LogP contribution < -0.4 is 11.1 Å². The van der Waals surface area contributed by atoms with Crippen molar-refractivity contribution in [1.82, 2.24) is 5.32 Å². The van der Waals surface area contributed by atoms with Crippen LogP contribution in [-0.2, 0) is 4.79 Å². The van der Waals surface area contributed by atoms with Crippen molar-refractivity contribution >= 4 is 17.6 Å². The number of anilines is 1. The van der Waals surface area contributed by atoms with Crippen LogP contribution in [0.2, 0.25) is 0 Å². The SMILES string of the molecule is CC(C)(CCC(=O)O)NC(=O)c1ccc(N)cc1F. The maximum absolute atomic E-state index is 13.6. The van der Waals surface area contributed by atoms with Crippen LogP contribution in [0.4, 0.5) is 10.1 Å². The molecule has 0 aromatic heterocycles. The van der Waals surface area contributed by atoms with Crippen LogP contribution in [0, 0.1) is 5.82 Å². The van der Waals surface area contributed by atoms with Crippen molar-refractivity contribution in [2.45, 2.75) is 32.2 Å². The van der Waals surface area contributed by atoms with Gasteiger partial charge >= 0.3 is 5.97 Å². The van der Waals surface area contributed by atoms with E-state index in [4.69, 9.17) is 10.8 Å². The average molecular weight is 268 g/mol. The van der Waals surface area contributed by atoms with Crippen molar-refractivity contribution in [2.75, 3.05) is 5.73 Å². The Hall–Kier alpha value is -2.11. The minimum absolute atomic E-state index is 0.0719. The summed E-state index contributed by atoms with van der Waals surface area (Å²) >= 11 is 0. The minimum atomic E-state index is -0.944. The normalized spacial score (nSPS) is 11.1. The topological polar surface area (TPSA) is 92.4 Å². The standard InChI is InChI=1S/C13H17FN2O3/c1-13(2,6-5-11(17)18)16-12(19)9-4-3-8(15)7-10(9)14/h3-4,7H,5-6,15H2,1-2H3,(H,16,19)(H,17,18). The van der Waals surface area contributed by atoms with E-state index in [-0.39, 0.29) is 24.1 Å². The van der Waals surface area contributed by atoms with Gasteiger partial charge in [0, 0.05) is 17.6 Å². The molecule has 0 aliphatic rings. The van der Waals surface area contributed by atoms with Crippen LogP contribution >= 0.6 is 0 Å². The zero-order chi connectivity index (χ0) is 14.6. The summed E-state index contributed by atoms with van der Waals surface area (Å²) in [6.45, 7) is 3.37. The number of amides is 1. The van der Waals surface area contributed by atoms with Crippen LogP contribution in [-0.4, -0.2) is 22.5 Å². The zero-order valence-corrected chi connectivity index (χ0v) is 10.9. The Morgan fingerprint density at radius 3 is 2.58 bits per heavy atom. The number of halogens is 1. The summed E-state index contributed by atoms with van der Waals surface area (Å²) in [7, 11) is 0. The molecule has 0 atom stereocenters. The Balaban J connectivity index is 2.75. The summed E-state index contributed by atoms with van der Waals surface area (Å²) < 4.78 is 13.6. The Kier molecular flexibility index (Phi) is 4.47. The molecule has 0 bridgehead atoms. The number of hydrogen-bond donors (Lipinski definition) is 3. The highest BCUT2D eigenvalue weighted by atomic mass is 19.1. The minimum Gasteiger partial charge on any atom is -0.481 e. The molecule has 0 saturated carbocycles. The number of nitrogens with two attached hydrogens (primary N) is 1. The first kappa shape index (κ1) is 14.9. The van der Waals surface area contributed by atoms with Gasteiger partial charge in [-0.3, -0.25) is 9.59 Å². The van der Waals surface area contributed by atoms with E-state index in [9.17, 15) is 14.0 Å². The van der Waals surface area contributed by atoms with Gasteiger partial charge in [-0.1, -0.05) is 0 Å². The molecule has 0 aliphatic carbocycles. The number of nitrogens with one attached hydrogen (secondary N) is 1. The zero-order valence-electron chi connectivity index (χ0n) is 10.9. The molecule has 1 amide bonds. The van der Waals surface area contributed by atoms with Gasteiger partial charge < -0.3 is 16.2 Å². The van der Waals surface area contributed by atoms with E-state index >= 15 is 0 Å². The van der Waals surface area contributed by atoms with E-state index < -0.39 is 23.2 Å². The van der Waals surface area contributed by atoms with Crippen LogP contribution in [0.5, 0.6) is 0 Å². The lowest BCUT2D eigenvalue weighted by Crippen LogP contribution is -2.44. The van der Waals surface area contributed by atoms with Gasteiger partial charge in [0.15, 0.2) is 0 Å². The van der Waals surface area contributed by atoms with Crippen molar-refractivity contribution in [2.24, 2.45) is 0 Å². The maximum atomic E-state index is 13.6. The lowest BCUT2D eigenvalue weighted by atomic mass is 9.97. The van der Waals surface area contributed by atoms with Gasteiger partial charge in [-0.25, -0.2) is 4.39 Å². The first-order valence-corrected chi connectivity index (χ1v) is 5.80. The van der Waals surface area contributed by atoms with Crippen LogP contribution in [0.15, 0.2) is 18.2 Å². The van der Waals surface area contributed by atoms with Gasteiger partial charge in [-0.15, -0.1) is 0 Å². The maximum Gasteiger partial charge on any atom is 0.303 e. The first-order chi connectivity index (χ1) is 8.71. The van der Waals surface area contributed by atoms with E-state index in [0.717, 1.165) is 6.07 Å². The monoisotopic (exact) mass is 268 g/mol. The molecule has 0 aliphatic heterocycles. The number of carbonyl (C=O) groups is 2. The third-order valence-electron chi connectivity index (χ3n) is 2.65. The summed E-state index contributed by atoms with van der Waals surface area (Å²) in [6, 6.07) is 3.80. The molecule has 6 heteroatoms. The number of nitrogen functional groups attached to an aromatic ring is 1. The second-order valence-corrected chi connectivity index (χ2v) is 4.97. The summed E-state index contributed by atoms with van der Waals surface area (Å²) in [6.07, 6.45) is 0.183. The van der Waals surface area contributed by atoms with Crippen molar-refractivity contribution in [3.63, 3.8) is 0 Å². The van der Waals surface area contributed by atoms with E-state index in [2.05, 4.69) is 5.32 Å². The van der Waals surface area contributed by atoms with E-state index in [0.29, 0.717) is 0 Å². The van der Waals surface area contributed by atoms with Gasteiger partial charge in [0.25, 0.3) is 5.91 Å². The Morgan fingerprint density at radius 1 is 1.42 bits per heavy atom. The van der Waals surface area contributed by atoms with Gasteiger partial charge in [-0.05, 0) is 38.5 Å². The molecule has 0 radical (unpaired) electrons. The molecule has 0 saturated heterocycles. The molecule has 4 N–H and O–H groups in total. The van der Waals surface area contributed by atoms with Crippen LogP contribution in [0.3, 0.4) is 0 Å². The molecule has 0 heterocycles. The molecular formula is C13H17FN2O3. The third kappa shape index (κ3) is 4.57. The van der Waals surface area contributed by atoms with Crippen molar-refractivity contribution in [3.8, 4) is 0 Å². The van der Waals surface area contributed by atoms with Crippen LogP contribution in [0.1, 0.15) is 37.0 Å². The number of benzene rings is 1. The van der Waals surface area contributed by atoms with Crippen molar-refractivity contribution in [1.29, 1.82) is 0 Å². The van der Waals surface area contributed by atoms with Gasteiger partial charge in [-0.2, -0.15) is 0 Å². The third-order valence-corrected chi connectivity index (χ3v) is 2.65. The highest BCUT2D eigenvalue weighted by Crippen LogP contribution is 2.16. The summed E-state index contributed by atoms with van der Waals surface area (Å²) in [5.74, 6) is -2.24. The molecule has 104 valence electrons. The predicted molar refractivity (Wildman–Crippen MR) is 69.2 cm³/mol. The van der Waals surface area contributed by atoms with E-state index in [1.165, 1.54) is 12.1 Å². The van der Waals surface area contributed by atoms with E-state index in [1.807, 2.05) is 0 Å². The molecule has 1 rings (SSSR count). The fraction of sp³-hybridized carbons (Fsp3) is 0.385. The number of aliphatic carboxylic acids is 1. The van der Waals surface area contributed by atoms with E-state index in [1.54, 1.807) is 13.8 Å². The number of rotatable bonds is 5. The fourth-order valence-corrected chi connectivity index (χ4v) is 1.57. The summed E-state index contributed by atoms with van der Waals surface area (Å²) in [5.41, 5.74) is 4.79. The number of hydrogen-bond acceptors (Lipinski definition) is 3. The lowest BCUT2D eigenvalue weighted by molar-refractivity contribution is -0.137.